The van der Waals surface area contributed by atoms with Crippen LogP contribution in [0.5, 0.6) is 0 Å². The van der Waals surface area contributed by atoms with Crippen molar-refractivity contribution in [1.82, 2.24) is 20.6 Å². The number of H-pyrrole nitrogens is 1. The summed E-state index contributed by atoms with van der Waals surface area (Å²) in [6.45, 7) is 6.05. The van der Waals surface area contributed by atoms with Gasteiger partial charge in [0, 0.05) is 24.9 Å². The van der Waals surface area contributed by atoms with Crippen LogP contribution in [0.4, 0.5) is 5.82 Å². The summed E-state index contributed by atoms with van der Waals surface area (Å²) in [6.07, 6.45) is 2.01. The summed E-state index contributed by atoms with van der Waals surface area (Å²) in [6, 6.07) is 12.6. The number of rotatable bonds is 7. The van der Waals surface area contributed by atoms with Gasteiger partial charge in [-0.2, -0.15) is 0 Å². The van der Waals surface area contributed by atoms with Crippen LogP contribution < -0.4 is 16.4 Å². The van der Waals surface area contributed by atoms with Gasteiger partial charge in [-0.3, -0.25) is 9.59 Å². The second kappa shape index (κ2) is 9.26. The molecule has 7 nitrogen and oxygen atoms in total. The topological polar surface area (TPSA) is 113 Å². The predicted octanol–water partition coefficient (Wildman–Crippen LogP) is 2.57. The van der Waals surface area contributed by atoms with Crippen LogP contribution in [-0.4, -0.2) is 27.8 Å². The van der Waals surface area contributed by atoms with Gasteiger partial charge in [-0.1, -0.05) is 35.9 Å². The van der Waals surface area contributed by atoms with Crippen molar-refractivity contribution in [2.24, 2.45) is 0 Å². The van der Waals surface area contributed by atoms with Gasteiger partial charge in [0.2, 0.25) is 5.91 Å². The molecule has 3 rings (SSSR count). The molecule has 7 heteroatoms. The van der Waals surface area contributed by atoms with E-state index in [4.69, 9.17) is 5.73 Å². The normalized spacial score (nSPS) is 11.7. The number of nitrogens with two attached hydrogens (primary N) is 1. The molecule has 156 valence electrons. The minimum absolute atomic E-state index is 0.261. The zero-order chi connectivity index (χ0) is 21.7. The van der Waals surface area contributed by atoms with E-state index in [-0.39, 0.29) is 11.8 Å². The maximum Gasteiger partial charge on any atom is 0.268 e. The molecular weight excluding hydrogens is 378 g/mol. The van der Waals surface area contributed by atoms with E-state index in [2.05, 4.69) is 20.6 Å². The van der Waals surface area contributed by atoms with Crippen LogP contribution in [0.15, 0.2) is 48.7 Å². The Morgan fingerprint density at radius 2 is 1.90 bits per heavy atom. The van der Waals surface area contributed by atoms with Gasteiger partial charge in [0.05, 0.1) is 0 Å². The summed E-state index contributed by atoms with van der Waals surface area (Å²) < 4.78 is 0. The van der Waals surface area contributed by atoms with Crippen molar-refractivity contribution in [1.29, 1.82) is 0 Å². The molecule has 2 aromatic heterocycles. The van der Waals surface area contributed by atoms with Crippen molar-refractivity contribution in [2.75, 3.05) is 5.73 Å². The molecule has 2 amide bonds. The van der Waals surface area contributed by atoms with Gasteiger partial charge >= 0.3 is 0 Å². The fourth-order valence-electron chi connectivity index (χ4n) is 3.33. The molecule has 0 unspecified atom stereocenters. The maximum absolute atomic E-state index is 12.9. The Labute approximate surface area is 176 Å². The summed E-state index contributed by atoms with van der Waals surface area (Å²) >= 11 is 0. The van der Waals surface area contributed by atoms with Gasteiger partial charge in [-0.25, -0.2) is 4.98 Å². The van der Waals surface area contributed by atoms with Crippen LogP contribution in [0.3, 0.4) is 0 Å². The van der Waals surface area contributed by atoms with Crippen LogP contribution in [-0.2, 0) is 17.8 Å². The van der Waals surface area contributed by atoms with E-state index < -0.39 is 6.04 Å². The van der Waals surface area contributed by atoms with Crippen LogP contribution in [0.1, 0.15) is 38.4 Å². The van der Waals surface area contributed by atoms with Gasteiger partial charge in [-0.15, -0.1) is 0 Å². The zero-order valence-corrected chi connectivity index (χ0v) is 17.5. The van der Waals surface area contributed by atoms with Crippen LogP contribution in [0, 0.1) is 20.8 Å². The van der Waals surface area contributed by atoms with E-state index in [1.54, 1.807) is 12.3 Å². The molecule has 5 N–H and O–H groups in total. The Balaban J connectivity index is 1.75. The second-order valence-electron chi connectivity index (χ2n) is 7.54. The Kier molecular flexibility index (Phi) is 6.51. The molecule has 1 aromatic carbocycles. The third kappa shape index (κ3) is 5.47. The van der Waals surface area contributed by atoms with E-state index in [1.165, 1.54) is 0 Å². The number of hydrogen-bond acceptors (Lipinski definition) is 4. The SMILES string of the molecule is Cc1cccc(C[C@H](NC(=O)c2[nH]c(C)cc2C)C(=O)NCc2ccc(N)nc2)c1. The van der Waals surface area contributed by atoms with E-state index >= 15 is 0 Å². The van der Waals surface area contributed by atoms with Gasteiger partial charge in [0.15, 0.2) is 0 Å². The first-order chi connectivity index (χ1) is 14.3. The highest BCUT2D eigenvalue weighted by Gasteiger charge is 2.23. The van der Waals surface area contributed by atoms with Gasteiger partial charge < -0.3 is 21.4 Å². The number of anilines is 1. The molecule has 0 spiro atoms. The van der Waals surface area contributed by atoms with Crippen LogP contribution >= 0.6 is 0 Å². The molecule has 0 saturated heterocycles. The number of nitrogens with one attached hydrogen (secondary N) is 3. The van der Waals surface area contributed by atoms with Crippen molar-refractivity contribution >= 4 is 17.6 Å². The summed E-state index contributed by atoms with van der Waals surface area (Å²) in [4.78, 5) is 32.9. The fourth-order valence-corrected chi connectivity index (χ4v) is 3.33. The molecule has 0 radical (unpaired) electrons. The maximum atomic E-state index is 12.9. The van der Waals surface area contributed by atoms with Crippen molar-refractivity contribution in [3.05, 3.63) is 82.3 Å². The predicted molar refractivity (Wildman–Crippen MR) is 117 cm³/mol. The molecule has 0 fully saturated rings. The largest absolute Gasteiger partial charge is 0.384 e. The van der Waals surface area contributed by atoms with Gasteiger partial charge in [0.1, 0.15) is 17.6 Å². The summed E-state index contributed by atoms with van der Waals surface area (Å²) in [5, 5.41) is 5.77. The van der Waals surface area contributed by atoms with Crippen molar-refractivity contribution in [2.45, 2.75) is 39.8 Å². The number of pyridine rings is 1. The Morgan fingerprint density at radius 1 is 1.10 bits per heavy atom. The molecular formula is C23H27N5O2. The highest BCUT2D eigenvalue weighted by molar-refractivity contribution is 5.97. The van der Waals surface area contributed by atoms with Gasteiger partial charge in [0.25, 0.3) is 5.91 Å². The van der Waals surface area contributed by atoms with Gasteiger partial charge in [-0.05, 0) is 49.6 Å². The third-order valence-electron chi connectivity index (χ3n) is 4.84. The Hall–Kier alpha value is -3.61. The molecule has 1 atom stereocenters. The van der Waals surface area contributed by atoms with E-state index in [9.17, 15) is 9.59 Å². The second-order valence-corrected chi connectivity index (χ2v) is 7.54. The van der Waals surface area contributed by atoms with E-state index in [0.29, 0.717) is 24.5 Å². The Morgan fingerprint density at radius 3 is 2.53 bits per heavy atom. The van der Waals surface area contributed by atoms with Crippen molar-refractivity contribution < 1.29 is 9.59 Å². The van der Waals surface area contributed by atoms with Crippen LogP contribution in [0.25, 0.3) is 0 Å². The number of aryl methyl sites for hydroxylation is 3. The summed E-state index contributed by atoms with van der Waals surface area (Å²) in [7, 11) is 0. The highest BCUT2D eigenvalue weighted by atomic mass is 16.2. The number of carbonyl (C=O) groups excluding carboxylic acids is 2. The number of hydrogen-bond donors (Lipinski definition) is 4. The van der Waals surface area contributed by atoms with Crippen LogP contribution in [0.2, 0.25) is 0 Å². The first kappa shape index (κ1) is 21.1. The number of nitrogens with zero attached hydrogens (tertiary/aromatic N) is 1. The number of carbonyl (C=O) groups is 2. The first-order valence-corrected chi connectivity index (χ1v) is 9.82. The number of amides is 2. The quantitative estimate of drug-likeness (QED) is 0.484. The molecule has 0 aliphatic carbocycles. The first-order valence-electron chi connectivity index (χ1n) is 9.82. The van der Waals surface area contributed by atoms with E-state index in [1.807, 2.05) is 57.2 Å². The lowest BCUT2D eigenvalue weighted by atomic mass is 10.0. The lowest BCUT2D eigenvalue weighted by molar-refractivity contribution is -0.123. The molecule has 0 saturated carbocycles. The molecule has 0 bridgehead atoms. The number of aromatic amines is 1. The third-order valence-corrected chi connectivity index (χ3v) is 4.84. The minimum atomic E-state index is -0.718. The molecule has 3 aromatic rings. The number of benzene rings is 1. The minimum Gasteiger partial charge on any atom is -0.384 e. The summed E-state index contributed by atoms with van der Waals surface area (Å²) in [5.41, 5.74) is 10.7. The molecule has 0 aliphatic heterocycles. The Bertz CT molecular complexity index is 1040. The monoisotopic (exact) mass is 405 g/mol. The molecule has 0 aliphatic rings. The molecule has 30 heavy (non-hydrogen) atoms. The number of nitrogen functional groups attached to an aromatic ring is 1. The van der Waals surface area contributed by atoms with E-state index in [0.717, 1.165) is 27.9 Å². The van der Waals surface area contributed by atoms with Crippen molar-refractivity contribution in [3.8, 4) is 0 Å². The van der Waals surface area contributed by atoms with Crippen molar-refractivity contribution in [3.63, 3.8) is 0 Å². The fraction of sp³-hybridized carbons (Fsp3) is 0.261. The number of aromatic nitrogens is 2. The zero-order valence-electron chi connectivity index (χ0n) is 17.5. The average molecular weight is 406 g/mol. The highest BCUT2D eigenvalue weighted by Crippen LogP contribution is 2.11. The molecule has 2 heterocycles. The lowest BCUT2D eigenvalue weighted by Crippen LogP contribution is -2.48. The lowest BCUT2D eigenvalue weighted by Gasteiger charge is -2.19. The smallest absolute Gasteiger partial charge is 0.268 e. The summed E-state index contributed by atoms with van der Waals surface area (Å²) in [5.74, 6) is -0.142. The standard InChI is InChI=1S/C23H27N5O2/c1-14-5-4-6-17(9-14)11-19(28-23(30)21-15(2)10-16(3)27-21)22(29)26-13-18-7-8-20(24)25-12-18/h4-10,12,19,27H,11,13H2,1-3H3,(H2,24,25)(H,26,29)(H,28,30)/t19-/m0/s1. The average Bonchev–Trinajstić information content (AvgIpc) is 3.05.